The first-order chi connectivity index (χ1) is 16.2. The molecular formula is C24H20N6O3. The van der Waals surface area contributed by atoms with Crippen molar-refractivity contribution < 1.29 is 14.0 Å². The Morgan fingerprint density at radius 2 is 1.76 bits per heavy atom. The quantitative estimate of drug-likeness (QED) is 0.421. The lowest BCUT2D eigenvalue weighted by Crippen LogP contribution is -2.19. The molecule has 0 aliphatic heterocycles. The minimum absolute atomic E-state index is 0.00178. The lowest BCUT2D eigenvalue weighted by atomic mass is 10.2. The van der Waals surface area contributed by atoms with Crippen LogP contribution in [0.4, 0.5) is 11.4 Å². The SMILES string of the molecule is O=C(Nc1cccc(NC(=O)C2CC2)c1)/C(=C/c1ccco1)n1nnnc1-c1ccccc1. The van der Waals surface area contributed by atoms with Gasteiger partial charge in [-0.05, 0) is 53.6 Å². The molecule has 2 N–H and O–H groups in total. The minimum Gasteiger partial charge on any atom is -0.465 e. The number of rotatable bonds is 7. The number of nitrogens with zero attached hydrogens (tertiary/aromatic N) is 4. The largest absolute Gasteiger partial charge is 0.465 e. The summed E-state index contributed by atoms with van der Waals surface area (Å²) in [4.78, 5) is 25.4. The molecule has 5 rings (SSSR count). The van der Waals surface area contributed by atoms with Crippen LogP contribution in [0.2, 0.25) is 0 Å². The zero-order valence-corrected chi connectivity index (χ0v) is 17.5. The number of amides is 2. The van der Waals surface area contributed by atoms with E-state index in [1.807, 2.05) is 30.3 Å². The van der Waals surface area contributed by atoms with Crippen LogP contribution in [-0.2, 0) is 9.59 Å². The normalized spacial score (nSPS) is 13.5. The van der Waals surface area contributed by atoms with E-state index in [0.717, 1.165) is 18.4 Å². The molecule has 2 heterocycles. The Labute approximate surface area is 189 Å². The Bertz CT molecular complexity index is 1310. The third kappa shape index (κ3) is 4.72. The standard InChI is InChI=1S/C24H20N6O3/c31-23(17-11-12-17)25-18-8-4-9-19(14-18)26-24(32)21(15-20-10-5-13-33-20)30-22(27-28-29-30)16-6-2-1-3-7-16/h1-10,13-15,17H,11-12H2,(H,25,31)(H,26,32)/b21-15-. The first-order valence-corrected chi connectivity index (χ1v) is 10.5. The van der Waals surface area contributed by atoms with Gasteiger partial charge in [0.25, 0.3) is 5.91 Å². The van der Waals surface area contributed by atoms with Gasteiger partial charge >= 0.3 is 0 Å². The van der Waals surface area contributed by atoms with E-state index in [0.29, 0.717) is 23.0 Å². The molecule has 9 nitrogen and oxygen atoms in total. The van der Waals surface area contributed by atoms with Crippen LogP contribution in [0.3, 0.4) is 0 Å². The Morgan fingerprint density at radius 3 is 2.48 bits per heavy atom. The Morgan fingerprint density at radius 1 is 0.970 bits per heavy atom. The number of furan rings is 1. The summed E-state index contributed by atoms with van der Waals surface area (Å²) in [5.41, 5.74) is 2.06. The molecule has 0 saturated heterocycles. The summed E-state index contributed by atoms with van der Waals surface area (Å²) in [5, 5.41) is 17.7. The Balaban J connectivity index is 1.45. The summed E-state index contributed by atoms with van der Waals surface area (Å²) < 4.78 is 6.78. The number of hydrogen-bond donors (Lipinski definition) is 2. The van der Waals surface area contributed by atoms with Crippen molar-refractivity contribution in [3.63, 3.8) is 0 Å². The third-order valence-electron chi connectivity index (χ3n) is 5.12. The average molecular weight is 440 g/mol. The van der Waals surface area contributed by atoms with Crippen LogP contribution in [-0.4, -0.2) is 32.0 Å². The molecule has 164 valence electrons. The fraction of sp³-hybridized carbons (Fsp3) is 0.125. The maximum Gasteiger partial charge on any atom is 0.274 e. The van der Waals surface area contributed by atoms with Gasteiger partial charge < -0.3 is 15.1 Å². The highest BCUT2D eigenvalue weighted by atomic mass is 16.3. The van der Waals surface area contributed by atoms with E-state index in [9.17, 15) is 9.59 Å². The van der Waals surface area contributed by atoms with Crippen molar-refractivity contribution in [1.29, 1.82) is 0 Å². The van der Waals surface area contributed by atoms with Crippen LogP contribution in [0.15, 0.2) is 77.4 Å². The van der Waals surface area contributed by atoms with Gasteiger partial charge in [0.2, 0.25) is 5.91 Å². The zero-order chi connectivity index (χ0) is 22.6. The molecule has 1 fully saturated rings. The van der Waals surface area contributed by atoms with E-state index in [1.165, 1.54) is 10.9 Å². The summed E-state index contributed by atoms with van der Waals surface area (Å²) in [5.74, 6) is 0.524. The van der Waals surface area contributed by atoms with Gasteiger partial charge in [-0.3, -0.25) is 9.59 Å². The Hall–Kier alpha value is -4.53. The molecule has 2 aromatic carbocycles. The summed E-state index contributed by atoms with van der Waals surface area (Å²) in [6.07, 6.45) is 4.92. The first-order valence-electron chi connectivity index (χ1n) is 10.5. The smallest absolute Gasteiger partial charge is 0.274 e. The second-order valence-corrected chi connectivity index (χ2v) is 7.62. The topological polar surface area (TPSA) is 115 Å². The number of benzene rings is 2. The summed E-state index contributed by atoms with van der Waals surface area (Å²) >= 11 is 0. The molecule has 0 spiro atoms. The van der Waals surface area contributed by atoms with Gasteiger partial charge in [0, 0.05) is 28.9 Å². The van der Waals surface area contributed by atoms with E-state index in [-0.39, 0.29) is 17.5 Å². The van der Waals surface area contributed by atoms with Crippen molar-refractivity contribution in [2.45, 2.75) is 12.8 Å². The average Bonchev–Trinajstić information content (AvgIpc) is 3.35. The van der Waals surface area contributed by atoms with Crippen molar-refractivity contribution in [2.24, 2.45) is 5.92 Å². The molecule has 33 heavy (non-hydrogen) atoms. The fourth-order valence-electron chi connectivity index (χ4n) is 3.31. The van der Waals surface area contributed by atoms with Gasteiger partial charge in [-0.1, -0.05) is 36.4 Å². The fourth-order valence-corrected chi connectivity index (χ4v) is 3.31. The number of aromatic nitrogens is 4. The van der Waals surface area contributed by atoms with E-state index in [2.05, 4.69) is 26.2 Å². The van der Waals surface area contributed by atoms with E-state index in [1.54, 1.807) is 42.5 Å². The maximum atomic E-state index is 13.3. The lowest BCUT2D eigenvalue weighted by Gasteiger charge is -2.12. The van der Waals surface area contributed by atoms with Gasteiger partial charge in [0.15, 0.2) is 5.82 Å². The van der Waals surface area contributed by atoms with E-state index >= 15 is 0 Å². The highest BCUT2D eigenvalue weighted by Gasteiger charge is 2.29. The number of hydrogen-bond acceptors (Lipinski definition) is 6. The molecule has 1 aliphatic carbocycles. The second-order valence-electron chi connectivity index (χ2n) is 7.62. The molecule has 0 unspecified atom stereocenters. The van der Waals surface area contributed by atoms with E-state index < -0.39 is 5.91 Å². The monoisotopic (exact) mass is 440 g/mol. The summed E-state index contributed by atoms with van der Waals surface area (Å²) in [6, 6.07) is 19.8. The number of carbonyl (C=O) groups excluding carboxylic acids is 2. The molecule has 0 radical (unpaired) electrons. The Kier molecular flexibility index (Phi) is 5.50. The van der Waals surface area contributed by atoms with Gasteiger partial charge in [-0.2, -0.15) is 4.68 Å². The van der Waals surface area contributed by atoms with Crippen molar-refractivity contribution in [3.8, 4) is 11.4 Å². The predicted octanol–water partition coefficient (Wildman–Crippen LogP) is 3.92. The molecule has 9 heteroatoms. The molecular weight excluding hydrogens is 420 g/mol. The van der Waals surface area contributed by atoms with Crippen LogP contribution in [0.5, 0.6) is 0 Å². The molecule has 0 atom stereocenters. The third-order valence-corrected chi connectivity index (χ3v) is 5.12. The number of nitrogens with one attached hydrogen (secondary N) is 2. The summed E-state index contributed by atoms with van der Waals surface area (Å²) in [6.45, 7) is 0. The molecule has 2 aromatic heterocycles. The van der Waals surface area contributed by atoms with Crippen LogP contribution in [0, 0.1) is 5.92 Å². The van der Waals surface area contributed by atoms with Crippen LogP contribution in [0.25, 0.3) is 23.2 Å². The second kappa shape index (κ2) is 8.91. The van der Waals surface area contributed by atoms with Crippen LogP contribution < -0.4 is 10.6 Å². The van der Waals surface area contributed by atoms with Gasteiger partial charge in [0.1, 0.15) is 11.5 Å². The van der Waals surface area contributed by atoms with Gasteiger partial charge in [-0.25, -0.2) is 0 Å². The van der Waals surface area contributed by atoms with Crippen LogP contribution in [0.1, 0.15) is 18.6 Å². The lowest BCUT2D eigenvalue weighted by molar-refractivity contribution is -0.117. The van der Waals surface area contributed by atoms with Gasteiger partial charge in [-0.15, -0.1) is 5.10 Å². The predicted molar refractivity (Wildman–Crippen MR) is 123 cm³/mol. The van der Waals surface area contributed by atoms with Gasteiger partial charge in [0.05, 0.1) is 6.26 Å². The van der Waals surface area contributed by atoms with Crippen molar-refractivity contribution in [3.05, 3.63) is 78.8 Å². The highest BCUT2D eigenvalue weighted by molar-refractivity contribution is 6.24. The minimum atomic E-state index is -0.443. The maximum absolute atomic E-state index is 13.3. The molecule has 0 bridgehead atoms. The van der Waals surface area contributed by atoms with E-state index in [4.69, 9.17) is 4.42 Å². The summed E-state index contributed by atoms with van der Waals surface area (Å²) in [7, 11) is 0. The first kappa shape index (κ1) is 20.4. The van der Waals surface area contributed by atoms with Crippen LogP contribution >= 0.6 is 0 Å². The molecule has 4 aromatic rings. The molecule has 2 amide bonds. The van der Waals surface area contributed by atoms with Crippen molar-refractivity contribution in [2.75, 3.05) is 10.6 Å². The number of carbonyl (C=O) groups is 2. The zero-order valence-electron chi connectivity index (χ0n) is 17.5. The highest BCUT2D eigenvalue weighted by Crippen LogP contribution is 2.30. The van der Waals surface area contributed by atoms with Crippen molar-refractivity contribution in [1.82, 2.24) is 20.2 Å². The van der Waals surface area contributed by atoms with Crippen molar-refractivity contribution >= 4 is 35.0 Å². The molecule has 1 saturated carbocycles. The number of tetrazole rings is 1. The molecule has 1 aliphatic rings. The number of anilines is 2.